The van der Waals surface area contributed by atoms with Crippen LogP contribution in [0.2, 0.25) is 0 Å². The van der Waals surface area contributed by atoms with Gasteiger partial charge in [-0.05, 0) is 48.6 Å². The number of benzene rings is 1. The zero-order valence-electron chi connectivity index (χ0n) is 17.1. The van der Waals surface area contributed by atoms with E-state index in [0.717, 1.165) is 47.3 Å². The predicted molar refractivity (Wildman–Crippen MR) is 120 cm³/mol. The predicted octanol–water partition coefficient (Wildman–Crippen LogP) is 6.30. The SMILES string of the molecule is COc1ccc(OC(=O)NC2CCCCCC2)cc1-c1cncc(-c2cccs2)c1. The van der Waals surface area contributed by atoms with Gasteiger partial charge in [0.2, 0.25) is 0 Å². The van der Waals surface area contributed by atoms with Gasteiger partial charge >= 0.3 is 6.09 Å². The van der Waals surface area contributed by atoms with Gasteiger partial charge in [-0.2, -0.15) is 0 Å². The van der Waals surface area contributed by atoms with E-state index >= 15 is 0 Å². The van der Waals surface area contributed by atoms with E-state index in [1.165, 1.54) is 12.8 Å². The van der Waals surface area contributed by atoms with E-state index in [1.54, 1.807) is 30.7 Å². The average molecular weight is 423 g/mol. The molecule has 0 radical (unpaired) electrons. The van der Waals surface area contributed by atoms with Gasteiger partial charge < -0.3 is 14.8 Å². The maximum absolute atomic E-state index is 12.4. The van der Waals surface area contributed by atoms with Gasteiger partial charge in [-0.3, -0.25) is 4.98 Å². The highest BCUT2D eigenvalue weighted by Gasteiger charge is 2.17. The van der Waals surface area contributed by atoms with Crippen molar-refractivity contribution in [2.24, 2.45) is 0 Å². The third kappa shape index (κ3) is 5.00. The molecule has 1 N–H and O–H groups in total. The molecule has 1 saturated carbocycles. The summed E-state index contributed by atoms with van der Waals surface area (Å²) in [6, 6.07) is 11.8. The van der Waals surface area contributed by atoms with Crippen molar-refractivity contribution in [3.8, 4) is 33.1 Å². The van der Waals surface area contributed by atoms with Gasteiger partial charge in [-0.25, -0.2) is 4.79 Å². The molecule has 2 aromatic heterocycles. The molecule has 30 heavy (non-hydrogen) atoms. The standard InChI is InChI=1S/C24H26N2O3S/c1-28-22-11-10-20(29-24(27)26-19-7-4-2-3-5-8-19)14-21(22)17-13-18(16-25-15-17)23-9-6-12-30-23/h6,9-16,19H,2-5,7-8H2,1H3,(H,26,27). The topological polar surface area (TPSA) is 60.5 Å². The molecular weight excluding hydrogens is 396 g/mol. The lowest BCUT2D eigenvalue weighted by Crippen LogP contribution is -2.36. The number of aromatic nitrogens is 1. The largest absolute Gasteiger partial charge is 0.496 e. The first-order chi connectivity index (χ1) is 14.7. The van der Waals surface area contributed by atoms with Crippen LogP contribution < -0.4 is 14.8 Å². The number of nitrogens with zero attached hydrogens (tertiary/aromatic N) is 1. The van der Waals surface area contributed by atoms with Crippen molar-refractivity contribution in [3.63, 3.8) is 0 Å². The Morgan fingerprint density at radius 3 is 2.60 bits per heavy atom. The zero-order chi connectivity index (χ0) is 20.8. The second-order valence-electron chi connectivity index (χ2n) is 7.52. The molecule has 1 fully saturated rings. The highest BCUT2D eigenvalue weighted by atomic mass is 32.1. The Morgan fingerprint density at radius 1 is 1.07 bits per heavy atom. The number of thiophene rings is 1. The number of amides is 1. The van der Waals surface area contributed by atoms with Gasteiger partial charge in [0, 0.05) is 40.0 Å². The number of methoxy groups -OCH3 is 1. The summed E-state index contributed by atoms with van der Waals surface area (Å²) in [5.41, 5.74) is 2.79. The van der Waals surface area contributed by atoms with Crippen LogP contribution in [0.25, 0.3) is 21.6 Å². The van der Waals surface area contributed by atoms with Gasteiger partial charge in [-0.1, -0.05) is 31.7 Å². The van der Waals surface area contributed by atoms with Crippen LogP contribution in [0.3, 0.4) is 0 Å². The Morgan fingerprint density at radius 2 is 1.87 bits per heavy atom. The molecular formula is C24H26N2O3S. The monoisotopic (exact) mass is 422 g/mol. The molecule has 5 nitrogen and oxygen atoms in total. The number of pyridine rings is 1. The Kier molecular flexibility index (Phi) is 6.64. The van der Waals surface area contributed by atoms with Crippen LogP contribution in [0, 0.1) is 0 Å². The maximum atomic E-state index is 12.4. The third-order valence-electron chi connectivity index (χ3n) is 5.41. The first-order valence-corrected chi connectivity index (χ1v) is 11.3. The molecule has 0 spiro atoms. The minimum Gasteiger partial charge on any atom is -0.496 e. The molecule has 0 saturated heterocycles. The number of ether oxygens (including phenoxy) is 2. The summed E-state index contributed by atoms with van der Waals surface area (Å²) in [5, 5.41) is 5.07. The highest BCUT2D eigenvalue weighted by molar-refractivity contribution is 7.13. The van der Waals surface area contributed by atoms with E-state index in [2.05, 4.69) is 22.4 Å². The lowest BCUT2D eigenvalue weighted by molar-refractivity contribution is 0.194. The molecule has 1 aromatic carbocycles. The number of carbonyl (C=O) groups is 1. The molecule has 1 aliphatic rings. The number of hydrogen-bond acceptors (Lipinski definition) is 5. The first-order valence-electron chi connectivity index (χ1n) is 10.4. The number of carbonyl (C=O) groups excluding carboxylic acids is 1. The van der Waals surface area contributed by atoms with Crippen molar-refractivity contribution < 1.29 is 14.3 Å². The summed E-state index contributed by atoms with van der Waals surface area (Å²) in [7, 11) is 1.63. The Balaban J connectivity index is 1.54. The molecule has 1 aliphatic carbocycles. The smallest absolute Gasteiger partial charge is 0.412 e. The van der Waals surface area contributed by atoms with Crippen molar-refractivity contribution in [1.82, 2.24) is 10.3 Å². The van der Waals surface area contributed by atoms with E-state index in [4.69, 9.17) is 9.47 Å². The molecule has 156 valence electrons. The lowest BCUT2D eigenvalue weighted by Gasteiger charge is -2.16. The van der Waals surface area contributed by atoms with Crippen molar-refractivity contribution >= 4 is 17.4 Å². The van der Waals surface area contributed by atoms with Gasteiger partial charge in [0.05, 0.1) is 7.11 Å². The molecule has 0 bridgehead atoms. The van der Waals surface area contributed by atoms with Crippen molar-refractivity contribution in [1.29, 1.82) is 0 Å². The summed E-state index contributed by atoms with van der Waals surface area (Å²) in [4.78, 5) is 18.0. The highest BCUT2D eigenvalue weighted by Crippen LogP contribution is 2.35. The van der Waals surface area contributed by atoms with Crippen LogP contribution in [-0.2, 0) is 0 Å². The van der Waals surface area contributed by atoms with Crippen molar-refractivity contribution in [2.75, 3.05) is 7.11 Å². The van der Waals surface area contributed by atoms with E-state index in [9.17, 15) is 4.79 Å². The second-order valence-corrected chi connectivity index (χ2v) is 8.47. The Labute approximate surface area is 181 Å². The maximum Gasteiger partial charge on any atom is 0.412 e. The molecule has 0 unspecified atom stereocenters. The minimum absolute atomic E-state index is 0.199. The molecule has 2 heterocycles. The fourth-order valence-corrected chi connectivity index (χ4v) is 4.58. The van der Waals surface area contributed by atoms with Crippen molar-refractivity contribution in [3.05, 3.63) is 54.2 Å². The van der Waals surface area contributed by atoms with Crippen LogP contribution in [-0.4, -0.2) is 24.2 Å². The fraction of sp³-hybridized carbons (Fsp3) is 0.333. The number of hydrogen-bond donors (Lipinski definition) is 1. The Bertz CT molecular complexity index is 980. The average Bonchev–Trinajstić information content (AvgIpc) is 3.19. The Hall–Kier alpha value is -2.86. The zero-order valence-corrected chi connectivity index (χ0v) is 17.9. The van der Waals surface area contributed by atoms with Crippen LogP contribution in [0.4, 0.5) is 4.79 Å². The number of rotatable bonds is 5. The van der Waals surface area contributed by atoms with E-state index in [-0.39, 0.29) is 6.04 Å². The fourth-order valence-electron chi connectivity index (χ4n) is 3.87. The summed E-state index contributed by atoms with van der Waals surface area (Å²) >= 11 is 1.67. The number of nitrogens with one attached hydrogen (secondary N) is 1. The quantitative estimate of drug-likeness (QED) is 0.490. The first kappa shape index (κ1) is 20.4. The third-order valence-corrected chi connectivity index (χ3v) is 6.33. The van der Waals surface area contributed by atoms with Gasteiger partial charge in [0.15, 0.2) is 0 Å². The second kappa shape index (κ2) is 9.76. The van der Waals surface area contributed by atoms with E-state index in [0.29, 0.717) is 11.5 Å². The van der Waals surface area contributed by atoms with Crippen molar-refractivity contribution in [2.45, 2.75) is 44.6 Å². The van der Waals surface area contributed by atoms with Gasteiger partial charge in [0.25, 0.3) is 0 Å². The molecule has 4 rings (SSSR count). The minimum atomic E-state index is -0.400. The summed E-state index contributed by atoms with van der Waals surface area (Å²) < 4.78 is 11.1. The van der Waals surface area contributed by atoms with Crippen LogP contribution in [0.1, 0.15) is 38.5 Å². The molecule has 0 aliphatic heterocycles. The molecule has 3 aromatic rings. The van der Waals surface area contributed by atoms with Gasteiger partial charge in [-0.15, -0.1) is 11.3 Å². The molecule has 0 atom stereocenters. The molecule has 6 heteroatoms. The normalized spacial score (nSPS) is 14.7. The summed E-state index contributed by atoms with van der Waals surface area (Å²) in [6.45, 7) is 0. The molecule has 1 amide bonds. The van der Waals surface area contributed by atoms with Crippen LogP contribution in [0.5, 0.6) is 11.5 Å². The summed E-state index contributed by atoms with van der Waals surface area (Å²) in [5.74, 6) is 1.19. The van der Waals surface area contributed by atoms with E-state index in [1.807, 2.05) is 29.8 Å². The van der Waals surface area contributed by atoms with Crippen LogP contribution in [0.15, 0.2) is 54.2 Å². The van der Waals surface area contributed by atoms with E-state index < -0.39 is 6.09 Å². The lowest BCUT2D eigenvalue weighted by atomic mass is 10.0. The summed E-state index contributed by atoms with van der Waals surface area (Å²) in [6.07, 6.45) is 10.1. The van der Waals surface area contributed by atoms with Crippen LogP contribution >= 0.6 is 11.3 Å². The van der Waals surface area contributed by atoms with Gasteiger partial charge in [0.1, 0.15) is 11.5 Å².